The molecule has 2 unspecified atom stereocenters. The summed E-state index contributed by atoms with van der Waals surface area (Å²) in [6, 6.07) is 60.7. The lowest BCUT2D eigenvalue weighted by Crippen LogP contribution is -2.44. The van der Waals surface area contributed by atoms with Crippen LogP contribution in [0.1, 0.15) is 97.2 Å². The first-order valence-electron chi connectivity index (χ1n) is 20.8. The van der Waals surface area contributed by atoms with Crippen LogP contribution < -0.4 is 10.6 Å². The van der Waals surface area contributed by atoms with Gasteiger partial charge >= 0.3 is 0 Å². The van der Waals surface area contributed by atoms with Crippen LogP contribution in [0, 0.1) is 0 Å². The van der Waals surface area contributed by atoms with Crippen molar-refractivity contribution >= 4 is 5.84 Å². The normalized spacial score (nSPS) is 19.5. The molecule has 0 aromatic heterocycles. The molecular formula is C54H47N3. The molecule has 1 saturated carbocycles. The van der Waals surface area contributed by atoms with E-state index in [0.717, 1.165) is 17.0 Å². The van der Waals surface area contributed by atoms with E-state index in [0.29, 0.717) is 0 Å². The molecule has 3 heteroatoms. The van der Waals surface area contributed by atoms with Gasteiger partial charge in [0.25, 0.3) is 0 Å². The number of hydrogen-bond acceptors (Lipinski definition) is 3. The molecule has 1 spiro atoms. The predicted octanol–water partition coefficient (Wildman–Crippen LogP) is 12.9. The second-order valence-corrected chi connectivity index (χ2v) is 17.1. The molecule has 2 N–H and O–H groups in total. The van der Waals surface area contributed by atoms with E-state index in [1.54, 1.807) is 5.56 Å². The molecule has 0 saturated heterocycles. The maximum absolute atomic E-state index is 5.22. The third kappa shape index (κ3) is 5.55. The minimum absolute atomic E-state index is 0.00142. The Kier molecular flexibility index (Phi) is 7.98. The standard InChI is InChI=1S/C54H47N3/c1-53(2)46-25-11-10-24-42(46)44-33-45-43-27-26-40(32-48(43)54(28-12-5-13-29-54)49(45)34-47(44)53)38-21-14-20-37(30-38)39-22-15-23-41(31-39)52-56-50(35-16-6-3-7-17-35)55-51(57-52)36-18-8-4-9-19-36/h3-4,6-11,14-27,30-34,50,52,56H,5,12-13,28-29H2,1-2H3,(H,55,57). The Hall–Kier alpha value is -6.03. The van der Waals surface area contributed by atoms with Gasteiger partial charge in [-0.2, -0.15) is 0 Å². The molecule has 11 rings (SSSR count). The van der Waals surface area contributed by atoms with Crippen LogP contribution in [0.2, 0.25) is 0 Å². The Bertz CT molecular complexity index is 2700. The molecule has 0 radical (unpaired) electrons. The maximum atomic E-state index is 5.22. The van der Waals surface area contributed by atoms with E-state index in [2.05, 4.69) is 188 Å². The minimum Gasteiger partial charge on any atom is -0.350 e. The summed E-state index contributed by atoms with van der Waals surface area (Å²) in [7, 11) is 0. The number of rotatable bonds is 5. The monoisotopic (exact) mass is 737 g/mol. The van der Waals surface area contributed by atoms with Crippen molar-refractivity contribution in [1.29, 1.82) is 0 Å². The SMILES string of the molecule is CC1(C)c2ccccc2-c2cc3c(cc21)C1(CCCCC1)c1cc(-c2cccc(-c4cccc(C5N=C(c6ccccc6)NC(c6ccccc6)N5)c4)c2)ccc1-3. The molecule has 4 aliphatic rings. The zero-order valence-corrected chi connectivity index (χ0v) is 32.7. The van der Waals surface area contributed by atoms with E-state index >= 15 is 0 Å². The summed E-state index contributed by atoms with van der Waals surface area (Å²) in [5.74, 6) is 0.897. The summed E-state index contributed by atoms with van der Waals surface area (Å²) in [6.45, 7) is 4.83. The minimum atomic E-state index is -0.208. The average molecular weight is 738 g/mol. The summed E-state index contributed by atoms with van der Waals surface area (Å²) in [4.78, 5) is 5.22. The van der Waals surface area contributed by atoms with Crippen LogP contribution in [-0.2, 0) is 10.8 Å². The highest BCUT2D eigenvalue weighted by molar-refractivity contribution is 5.99. The molecule has 57 heavy (non-hydrogen) atoms. The Morgan fingerprint density at radius 2 is 1.05 bits per heavy atom. The number of nitrogens with zero attached hydrogens (tertiary/aromatic N) is 1. The molecule has 7 aromatic carbocycles. The van der Waals surface area contributed by atoms with Gasteiger partial charge in [-0.3, -0.25) is 5.32 Å². The molecule has 3 nitrogen and oxygen atoms in total. The highest BCUT2D eigenvalue weighted by Crippen LogP contribution is 2.60. The zero-order valence-electron chi connectivity index (χ0n) is 32.7. The Morgan fingerprint density at radius 1 is 0.456 bits per heavy atom. The fourth-order valence-electron chi connectivity index (χ4n) is 10.6. The van der Waals surface area contributed by atoms with Gasteiger partial charge in [-0.05, 0) is 115 Å². The number of nitrogens with one attached hydrogen (secondary N) is 2. The third-order valence-corrected chi connectivity index (χ3v) is 13.5. The first-order valence-corrected chi connectivity index (χ1v) is 20.8. The molecule has 2 atom stereocenters. The summed E-state index contributed by atoms with van der Waals surface area (Å²) in [5, 5.41) is 7.45. The topological polar surface area (TPSA) is 36.4 Å². The van der Waals surface area contributed by atoms with Crippen molar-refractivity contribution in [1.82, 2.24) is 10.6 Å². The summed E-state index contributed by atoms with van der Waals surface area (Å²) in [6.07, 6.45) is 6.06. The number of fused-ring (bicyclic) bond motifs is 8. The van der Waals surface area contributed by atoms with Crippen LogP contribution in [0.25, 0.3) is 44.5 Å². The molecule has 7 aromatic rings. The lowest BCUT2D eigenvalue weighted by atomic mass is 9.67. The van der Waals surface area contributed by atoms with Crippen LogP contribution >= 0.6 is 0 Å². The van der Waals surface area contributed by atoms with Gasteiger partial charge in [-0.15, -0.1) is 0 Å². The lowest BCUT2D eigenvalue weighted by Gasteiger charge is -2.37. The van der Waals surface area contributed by atoms with Crippen molar-refractivity contribution in [3.8, 4) is 44.5 Å². The van der Waals surface area contributed by atoms with E-state index in [9.17, 15) is 0 Å². The van der Waals surface area contributed by atoms with Crippen molar-refractivity contribution in [2.75, 3.05) is 0 Å². The van der Waals surface area contributed by atoms with Crippen LogP contribution in [0.15, 0.2) is 169 Å². The molecule has 0 bridgehead atoms. The molecule has 1 fully saturated rings. The quantitative estimate of drug-likeness (QED) is 0.185. The first-order chi connectivity index (χ1) is 28.0. The average Bonchev–Trinajstić information content (AvgIpc) is 3.66. The van der Waals surface area contributed by atoms with Gasteiger partial charge in [-0.1, -0.05) is 173 Å². The van der Waals surface area contributed by atoms with Crippen molar-refractivity contribution in [2.45, 2.75) is 69.1 Å². The fourth-order valence-corrected chi connectivity index (χ4v) is 10.6. The lowest BCUT2D eigenvalue weighted by molar-refractivity contribution is 0.352. The van der Waals surface area contributed by atoms with Crippen LogP contribution in [0.4, 0.5) is 0 Å². The number of amidine groups is 1. The largest absolute Gasteiger partial charge is 0.350 e. The first kappa shape index (κ1) is 34.2. The van der Waals surface area contributed by atoms with E-state index in [1.807, 2.05) is 0 Å². The van der Waals surface area contributed by atoms with Gasteiger partial charge in [0.2, 0.25) is 0 Å². The van der Waals surface area contributed by atoms with Crippen LogP contribution in [-0.4, -0.2) is 5.84 Å². The van der Waals surface area contributed by atoms with Gasteiger partial charge in [0.15, 0.2) is 0 Å². The number of aliphatic imine (C=N–C) groups is 1. The van der Waals surface area contributed by atoms with Gasteiger partial charge < -0.3 is 5.32 Å². The van der Waals surface area contributed by atoms with Gasteiger partial charge in [0.05, 0.1) is 0 Å². The zero-order chi connectivity index (χ0) is 38.1. The highest BCUT2D eigenvalue weighted by Gasteiger charge is 2.46. The van der Waals surface area contributed by atoms with Crippen molar-refractivity contribution in [2.24, 2.45) is 4.99 Å². The smallest absolute Gasteiger partial charge is 0.131 e. The van der Waals surface area contributed by atoms with E-state index in [-0.39, 0.29) is 23.2 Å². The van der Waals surface area contributed by atoms with Gasteiger partial charge in [0, 0.05) is 16.4 Å². The molecule has 3 aliphatic carbocycles. The molecule has 1 heterocycles. The summed E-state index contributed by atoms with van der Waals surface area (Å²) >= 11 is 0. The third-order valence-electron chi connectivity index (χ3n) is 13.5. The maximum Gasteiger partial charge on any atom is 0.131 e. The predicted molar refractivity (Wildman–Crippen MR) is 235 cm³/mol. The van der Waals surface area contributed by atoms with E-state index in [1.165, 1.54) is 98.9 Å². The fraction of sp³-hybridized carbons (Fsp3) is 0.204. The van der Waals surface area contributed by atoms with Gasteiger partial charge in [-0.25, -0.2) is 4.99 Å². The van der Waals surface area contributed by atoms with Crippen LogP contribution in [0.5, 0.6) is 0 Å². The number of hydrogen-bond donors (Lipinski definition) is 2. The molecule has 0 amide bonds. The molecule has 1 aliphatic heterocycles. The Labute approximate surface area is 336 Å². The Balaban J connectivity index is 0.958. The van der Waals surface area contributed by atoms with Crippen molar-refractivity contribution < 1.29 is 0 Å². The summed E-state index contributed by atoms with van der Waals surface area (Å²) < 4.78 is 0. The van der Waals surface area contributed by atoms with Crippen molar-refractivity contribution in [3.63, 3.8) is 0 Å². The molecule has 278 valence electrons. The molecular weight excluding hydrogens is 691 g/mol. The Morgan fingerprint density at radius 3 is 1.84 bits per heavy atom. The highest BCUT2D eigenvalue weighted by atomic mass is 15.3. The van der Waals surface area contributed by atoms with Crippen LogP contribution in [0.3, 0.4) is 0 Å². The van der Waals surface area contributed by atoms with Gasteiger partial charge in [0.1, 0.15) is 18.2 Å². The second-order valence-electron chi connectivity index (χ2n) is 17.1. The second kappa shape index (κ2) is 13.3. The van der Waals surface area contributed by atoms with E-state index < -0.39 is 0 Å². The van der Waals surface area contributed by atoms with E-state index in [4.69, 9.17) is 4.99 Å². The van der Waals surface area contributed by atoms with Crippen molar-refractivity contribution in [3.05, 3.63) is 203 Å². The number of benzene rings is 7. The summed E-state index contributed by atoms with van der Waals surface area (Å²) in [5.41, 5.74) is 20.2.